The van der Waals surface area contributed by atoms with E-state index >= 15 is 0 Å². The summed E-state index contributed by atoms with van der Waals surface area (Å²) in [7, 11) is 0. The molecule has 1 saturated carbocycles. The van der Waals surface area contributed by atoms with Gasteiger partial charge in [-0.3, -0.25) is 5.10 Å². The highest BCUT2D eigenvalue weighted by Gasteiger charge is 2.25. The number of aromatic amines is 1. The van der Waals surface area contributed by atoms with Crippen molar-refractivity contribution in [2.75, 3.05) is 5.32 Å². The standard InChI is InChI=1S/C9H9ClN6/c10-8-11-4-12-9(14-8)13-7-3-6(15-16-7)5-1-2-5/h3-5H,1-2H2,(H2,11,12,13,14,15,16). The van der Waals surface area contributed by atoms with Crippen LogP contribution >= 0.6 is 11.6 Å². The Hall–Kier alpha value is -1.69. The van der Waals surface area contributed by atoms with Crippen LogP contribution in [0.15, 0.2) is 12.4 Å². The predicted octanol–water partition coefficient (Wildman–Crippen LogP) is 1.87. The number of hydrogen-bond acceptors (Lipinski definition) is 5. The summed E-state index contributed by atoms with van der Waals surface area (Å²) < 4.78 is 0. The van der Waals surface area contributed by atoms with Gasteiger partial charge in [0.25, 0.3) is 0 Å². The molecule has 0 unspecified atom stereocenters. The van der Waals surface area contributed by atoms with Gasteiger partial charge >= 0.3 is 0 Å². The lowest BCUT2D eigenvalue weighted by molar-refractivity contribution is 0.964. The molecule has 2 heterocycles. The summed E-state index contributed by atoms with van der Waals surface area (Å²) in [5.74, 6) is 1.74. The van der Waals surface area contributed by atoms with E-state index in [0.29, 0.717) is 17.7 Å². The van der Waals surface area contributed by atoms with Crippen molar-refractivity contribution in [3.05, 3.63) is 23.4 Å². The third-order valence-electron chi connectivity index (χ3n) is 2.40. The number of anilines is 2. The number of nitrogens with zero attached hydrogens (tertiary/aromatic N) is 4. The number of nitrogens with one attached hydrogen (secondary N) is 2. The van der Waals surface area contributed by atoms with Crippen molar-refractivity contribution in [3.8, 4) is 0 Å². The number of H-pyrrole nitrogens is 1. The molecule has 7 heteroatoms. The van der Waals surface area contributed by atoms with Gasteiger partial charge in [-0.05, 0) is 24.4 Å². The Kier molecular flexibility index (Phi) is 2.21. The van der Waals surface area contributed by atoms with Crippen LogP contribution in [-0.2, 0) is 0 Å². The van der Waals surface area contributed by atoms with E-state index in [0.717, 1.165) is 5.69 Å². The molecule has 0 radical (unpaired) electrons. The second-order valence-corrected chi connectivity index (χ2v) is 4.02. The summed E-state index contributed by atoms with van der Waals surface area (Å²) in [6, 6.07) is 1.97. The number of hydrogen-bond donors (Lipinski definition) is 2. The minimum Gasteiger partial charge on any atom is -0.307 e. The Bertz CT molecular complexity index is 506. The third-order valence-corrected chi connectivity index (χ3v) is 2.58. The van der Waals surface area contributed by atoms with E-state index in [1.807, 2.05) is 6.07 Å². The van der Waals surface area contributed by atoms with Gasteiger partial charge in [-0.25, -0.2) is 9.97 Å². The zero-order valence-corrected chi connectivity index (χ0v) is 9.07. The lowest BCUT2D eigenvalue weighted by Crippen LogP contribution is -1.98. The molecule has 2 aromatic heterocycles. The molecule has 1 fully saturated rings. The van der Waals surface area contributed by atoms with Gasteiger partial charge in [0.15, 0.2) is 5.82 Å². The summed E-state index contributed by atoms with van der Waals surface area (Å²) in [5.41, 5.74) is 1.16. The first-order valence-corrected chi connectivity index (χ1v) is 5.36. The van der Waals surface area contributed by atoms with Crippen LogP contribution in [0.2, 0.25) is 5.28 Å². The molecule has 0 saturated heterocycles. The molecular weight excluding hydrogens is 228 g/mol. The molecule has 82 valence electrons. The topological polar surface area (TPSA) is 79.4 Å². The molecule has 2 aromatic rings. The van der Waals surface area contributed by atoms with Gasteiger partial charge in [-0.2, -0.15) is 10.1 Å². The van der Waals surface area contributed by atoms with E-state index in [9.17, 15) is 0 Å². The minimum atomic E-state index is 0.162. The van der Waals surface area contributed by atoms with Crippen LogP contribution < -0.4 is 5.32 Å². The van der Waals surface area contributed by atoms with Crippen molar-refractivity contribution in [2.24, 2.45) is 0 Å². The van der Waals surface area contributed by atoms with Gasteiger partial charge in [-0.1, -0.05) is 0 Å². The van der Waals surface area contributed by atoms with Crippen molar-refractivity contribution < 1.29 is 0 Å². The van der Waals surface area contributed by atoms with Crippen LogP contribution in [0.1, 0.15) is 24.5 Å². The van der Waals surface area contributed by atoms with E-state index in [4.69, 9.17) is 11.6 Å². The van der Waals surface area contributed by atoms with Gasteiger partial charge in [0.1, 0.15) is 6.33 Å². The highest BCUT2D eigenvalue weighted by molar-refractivity contribution is 6.28. The first-order chi connectivity index (χ1) is 7.81. The van der Waals surface area contributed by atoms with Crippen molar-refractivity contribution in [3.63, 3.8) is 0 Å². The van der Waals surface area contributed by atoms with Crippen LogP contribution in [0, 0.1) is 0 Å². The van der Waals surface area contributed by atoms with E-state index in [-0.39, 0.29) is 5.28 Å². The molecule has 1 aliphatic rings. The maximum absolute atomic E-state index is 5.65. The summed E-state index contributed by atoms with van der Waals surface area (Å²) in [4.78, 5) is 11.5. The smallest absolute Gasteiger partial charge is 0.232 e. The Morgan fingerprint density at radius 3 is 3.00 bits per heavy atom. The average molecular weight is 237 g/mol. The average Bonchev–Trinajstić information content (AvgIpc) is 3.01. The van der Waals surface area contributed by atoms with Crippen LogP contribution in [0.4, 0.5) is 11.8 Å². The summed E-state index contributed by atoms with van der Waals surface area (Å²) in [6.07, 6.45) is 3.82. The molecule has 0 aliphatic heterocycles. The van der Waals surface area contributed by atoms with Gasteiger partial charge in [0, 0.05) is 17.7 Å². The molecule has 0 spiro atoms. The number of rotatable bonds is 3. The van der Waals surface area contributed by atoms with Crippen molar-refractivity contribution in [1.82, 2.24) is 25.1 Å². The number of aromatic nitrogens is 5. The first kappa shape index (κ1) is 9.53. The highest BCUT2D eigenvalue weighted by atomic mass is 35.5. The van der Waals surface area contributed by atoms with E-state index in [1.165, 1.54) is 19.2 Å². The lowest BCUT2D eigenvalue weighted by atomic mass is 10.3. The predicted molar refractivity (Wildman–Crippen MR) is 58.7 cm³/mol. The van der Waals surface area contributed by atoms with Crippen molar-refractivity contribution in [2.45, 2.75) is 18.8 Å². The van der Waals surface area contributed by atoms with Gasteiger partial charge in [0.05, 0.1) is 0 Å². The largest absolute Gasteiger partial charge is 0.307 e. The van der Waals surface area contributed by atoms with Crippen LogP contribution in [0.25, 0.3) is 0 Å². The summed E-state index contributed by atoms with van der Waals surface area (Å²) in [5, 5.41) is 10.2. The molecule has 1 aliphatic carbocycles. The van der Waals surface area contributed by atoms with Crippen molar-refractivity contribution >= 4 is 23.4 Å². The Morgan fingerprint density at radius 2 is 2.25 bits per heavy atom. The second-order valence-electron chi connectivity index (χ2n) is 3.69. The zero-order chi connectivity index (χ0) is 11.0. The number of halogens is 1. The molecule has 2 N–H and O–H groups in total. The third kappa shape index (κ3) is 1.96. The fraction of sp³-hybridized carbons (Fsp3) is 0.333. The first-order valence-electron chi connectivity index (χ1n) is 4.98. The van der Waals surface area contributed by atoms with Crippen LogP contribution in [-0.4, -0.2) is 25.1 Å². The van der Waals surface area contributed by atoms with Crippen molar-refractivity contribution in [1.29, 1.82) is 0 Å². The quantitative estimate of drug-likeness (QED) is 0.851. The van der Waals surface area contributed by atoms with E-state index in [2.05, 4.69) is 30.5 Å². The maximum Gasteiger partial charge on any atom is 0.232 e. The fourth-order valence-corrected chi connectivity index (χ4v) is 1.58. The normalized spacial score (nSPS) is 15.1. The molecule has 16 heavy (non-hydrogen) atoms. The monoisotopic (exact) mass is 236 g/mol. The van der Waals surface area contributed by atoms with Crippen LogP contribution in [0.5, 0.6) is 0 Å². The Balaban J connectivity index is 1.77. The molecule has 3 rings (SSSR count). The van der Waals surface area contributed by atoms with E-state index in [1.54, 1.807) is 0 Å². The molecule has 6 nitrogen and oxygen atoms in total. The Labute approximate surface area is 96.5 Å². The summed E-state index contributed by atoms with van der Waals surface area (Å²) in [6.45, 7) is 0. The van der Waals surface area contributed by atoms with Gasteiger partial charge < -0.3 is 5.32 Å². The SMILES string of the molecule is Clc1ncnc(Nc2cc(C3CC3)[nH]n2)n1. The zero-order valence-electron chi connectivity index (χ0n) is 8.31. The Morgan fingerprint density at radius 1 is 1.38 bits per heavy atom. The maximum atomic E-state index is 5.65. The van der Waals surface area contributed by atoms with E-state index < -0.39 is 0 Å². The lowest BCUT2D eigenvalue weighted by Gasteiger charge is -1.98. The highest BCUT2D eigenvalue weighted by Crippen LogP contribution is 2.39. The van der Waals surface area contributed by atoms with Gasteiger partial charge in [0.2, 0.25) is 11.2 Å². The molecule has 0 atom stereocenters. The fourth-order valence-electron chi connectivity index (χ4n) is 1.46. The molecule has 0 aromatic carbocycles. The molecular formula is C9H9ClN6. The second kappa shape index (κ2) is 3.71. The van der Waals surface area contributed by atoms with Gasteiger partial charge in [-0.15, -0.1) is 0 Å². The molecule has 0 bridgehead atoms. The summed E-state index contributed by atoms with van der Waals surface area (Å²) >= 11 is 5.65. The molecule has 0 amide bonds. The van der Waals surface area contributed by atoms with Crippen LogP contribution in [0.3, 0.4) is 0 Å². The minimum absolute atomic E-state index is 0.162.